The molecule has 0 aromatic heterocycles. The van der Waals surface area contributed by atoms with Crippen molar-refractivity contribution in [2.45, 2.75) is 63.1 Å². The smallest absolute Gasteiger partial charge is 0.318 e. The molecule has 1 unspecified atom stereocenters. The minimum absolute atomic E-state index is 0.0239. The minimum Gasteiger partial charge on any atom is -0.394 e. The van der Waals surface area contributed by atoms with Crippen LogP contribution in [0.4, 0.5) is 4.79 Å². The lowest BCUT2D eigenvalue weighted by atomic mass is 9.73. The number of aryl methyl sites for hydroxylation is 1. The van der Waals surface area contributed by atoms with Gasteiger partial charge in [-0.15, -0.1) is 0 Å². The van der Waals surface area contributed by atoms with Gasteiger partial charge in [-0.25, -0.2) is 4.79 Å². The third kappa shape index (κ3) is 4.24. The van der Waals surface area contributed by atoms with Gasteiger partial charge in [-0.05, 0) is 36.5 Å². The van der Waals surface area contributed by atoms with E-state index in [9.17, 15) is 14.7 Å². The molecule has 6 heteroatoms. The molecule has 2 saturated heterocycles. The van der Waals surface area contributed by atoms with E-state index < -0.39 is 0 Å². The van der Waals surface area contributed by atoms with Gasteiger partial charge in [-0.1, -0.05) is 73.4 Å². The summed E-state index contributed by atoms with van der Waals surface area (Å²) in [6.45, 7) is 2.61. The van der Waals surface area contributed by atoms with E-state index in [0.717, 1.165) is 36.8 Å². The fourth-order valence-corrected chi connectivity index (χ4v) is 5.89. The number of amides is 3. The first-order valence-electron chi connectivity index (χ1n) is 12.2. The van der Waals surface area contributed by atoms with E-state index in [4.69, 9.17) is 0 Å². The zero-order chi connectivity index (χ0) is 22.9. The number of urea groups is 1. The van der Waals surface area contributed by atoms with Gasteiger partial charge in [-0.2, -0.15) is 0 Å². The van der Waals surface area contributed by atoms with Crippen molar-refractivity contribution in [3.63, 3.8) is 0 Å². The summed E-state index contributed by atoms with van der Waals surface area (Å²) in [7, 11) is 0. The van der Waals surface area contributed by atoms with Crippen molar-refractivity contribution >= 4 is 11.9 Å². The molecule has 0 spiro atoms. The van der Waals surface area contributed by atoms with Crippen LogP contribution in [0.25, 0.3) is 11.1 Å². The fourth-order valence-electron chi connectivity index (χ4n) is 5.89. The molecule has 1 saturated carbocycles. The number of aliphatic hydroxyl groups excluding tert-OH is 1. The summed E-state index contributed by atoms with van der Waals surface area (Å²) in [5, 5.41) is 13.2. The second-order valence-electron chi connectivity index (χ2n) is 9.80. The Labute approximate surface area is 195 Å². The average molecular weight is 448 g/mol. The van der Waals surface area contributed by atoms with Crippen LogP contribution in [0.5, 0.6) is 0 Å². The molecule has 3 fully saturated rings. The third-order valence-electron chi connectivity index (χ3n) is 7.62. The van der Waals surface area contributed by atoms with Crippen molar-refractivity contribution < 1.29 is 14.7 Å². The van der Waals surface area contributed by atoms with Crippen molar-refractivity contribution in [2.75, 3.05) is 19.7 Å². The molecule has 5 rings (SSSR count). The summed E-state index contributed by atoms with van der Waals surface area (Å²) in [5.74, 6) is -0.0486. The molecule has 3 aliphatic rings. The SMILES string of the molecule is Cc1cccc(-c2ccc([C@H]3C4CN(C(=O)NC5CCCCC5)CC(=O)N4[C@@H]3CO)cc2)c1. The van der Waals surface area contributed by atoms with Crippen molar-refractivity contribution in [1.29, 1.82) is 0 Å². The van der Waals surface area contributed by atoms with E-state index in [-0.39, 0.29) is 49.1 Å². The molecule has 2 aromatic rings. The summed E-state index contributed by atoms with van der Waals surface area (Å²) >= 11 is 0. The van der Waals surface area contributed by atoms with Crippen LogP contribution in [0.3, 0.4) is 0 Å². The van der Waals surface area contributed by atoms with Crippen LogP contribution >= 0.6 is 0 Å². The number of fused-ring (bicyclic) bond motifs is 1. The maximum Gasteiger partial charge on any atom is 0.318 e. The maximum absolute atomic E-state index is 12.9. The van der Waals surface area contributed by atoms with Crippen LogP contribution in [0.1, 0.15) is 49.1 Å². The number of carbonyl (C=O) groups excluding carboxylic acids is 2. The van der Waals surface area contributed by atoms with Gasteiger partial charge in [0, 0.05) is 18.5 Å². The molecule has 2 aliphatic heterocycles. The molecular weight excluding hydrogens is 414 g/mol. The van der Waals surface area contributed by atoms with Gasteiger partial charge < -0.3 is 20.2 Å². The molecule has 3 atom stereocenters. The molecule has 0 radical (unpaired) electrons. The van der Waals surface area contributed by atoms with Gasteiger partial charge in [0.1, 0.15) is 6.54 Å². The highest BCUT2D eigenvalue weighted by Gasteiger charge is 2.54. The number of piperazine rings is 1. The normalized spacial score (nSPS) is 25.4. The third-order valence-corrected chi connectivity index (χ3v) is 7.62. The molecule has 2 heterocycles. The lowest BCUT2D eigenvalue weighted by molar-refractivity contribution is -0.159. The summed E-state index contributed by atoms with van der Waals surface area (Å²) in [6.07, 6.45) is 5.58. The van der Waals surface area contributed by atoms with Crippen LogP contribution in [0.15, 0.2) is 48.5 Å². The predicted molar refractivity (Wildman–Crippen MR) is 128 cm³/mol. The summed E-state index contributed by atoms with van der Waals surface area (Å²) in [4.78, 5) is 29.2. The largest absolute Gasteiger partial charge is 0.394 e. The van der Waals surface area contributed by atoms with Gasteiger partial charge in [-0.3, -0.25) is 4.79 Å². The van der Waals surface area contributed by atoms with Gasteiger partial charge in [0.15, 0.2) is 0 Å². The number of carbonyl (C=O) groups is 2. The molecule has 3 amide bonds. The summed E-state index contributed by atoms with van der Waals surface area (Å²) in [6, 6.07) is 16.6. The zero-order valence-electron chi connectivity index (χ0n) is 19.2. The fraction of sp³-hybridized carbons (Fsp3) is 0.481. The van der Waals surface area contributed by atoms with E-state index in [2.05, 4.69) is 60.8 Å². The van der Waals surface area contributed by atoms with E-state index >= 15 is 0 Å². The highest BCUT2D eigenvalue weighted by molar-refractivity contribution is 5.87. The number of benzene rings is 2. The molecular formula is C27H33N3O3. The standard InChI is InChI=1S/C27H33N3O3/c1-18-6-5-7-21(14-18)19-10-12-20(13-11-19)26-23-15-29(16-25(32)30(23)24(26)17-31)27(33)28-22-8-3-2-4-9-22/h5-7,10-14,22-24,26,31H,2-4,8-9,15-17H2,1H3,(H,28,33)/t23?,24-,26+/m1/s1. The van der Waals surface area contributed by atoms with Crippen LogP contribution < -0.4 is 5.32 Å². The number of hydrogen-bond acceptors (Lipinski definition) is 3. The maximum atomic E-state index is 12.9. The Balaban J connectivity index is 1.31. The molecule has 1 aliphatic carbocycles. The van der Waals surface area contributed by atoms with E-state index in [1.807, 2.05) is 0 Å². The molecule has 2 N–H and O–H groups in total. The lowest BCUT2D eigenvalue weighted by Gasteiger charge is -2.58. The Kier molecular flexibility index (Phi) is 6.11. The van der Waals surface area contributed by atoms with Crippen molar-refractivity contribution in [3.05, 3.63) is 59.7 Å². The minimum atomic E-state index is -0.226. The van der Waals surface area contributed by atoms with Gasteiger partial charge in [0.25, 0.3) is 0 Å². The Hall–Kier alpha value is -2.86. The Morgan fingerprint density at radius 2 is 1.82 bits per heavy atom. The van der Waals surface area contributed by atoms with E-state index in [1.165, 1.54) is 17.5 Å². The second-order valence-corrected chi connectivity index (χ2v) is 9.80. The molecule has 2 aromatic carbocycles. The number of nitrogens with zero attached hydrogens (tertiary/aromatic N) is 2. The topological polar surface area (TPSA) is 72.9 Å². The predicted octanol–water partition coefficient (Wildman–Crippen LogP) is 3.68. The quantitative estimate of drug-likeness (QED) is 0.751. The lowest BCUT2D eigenvalue weighted by Crippen LogP contribution is -2.74. The molecule has 0 bridgehead atoms. The van der Waals surface area contributed by atoms with Gasteiger partial charge in [0.2, 0.25) is 5.91 Å². The highest BCUT2D eigenvalue weighted by atomic mass is 16.3. The van der Waals surface area contributed by atoms with Crippen LogP contribution in [-0.2, 0) is 4.79 Å². The number of hydrogen-bond donors (Lipinski definition) is 2. The molecule has 6 nitrogen and oxygen atoms in total. The molecule has 33 heavy (non-hydrogen) atoms. The van der Waals surface area contributed by atoms with E-state index in [0.29, 0.717) is 6.54 Å². The Morgan fingerprint density at radius 3 is 2.52 bits per heavy atom. The molecule has 174 valence electrons. The zero-order valence-corrected chi connectivity index (χ0v) is 19.2. The monoisotopic (exact) mass is 447 g/mol. The number of rotatable bonds is 4. The van der Waals surface area contributed by atoms with Crippen molar-refractivity contribution in [2.24, 2.45) is 0 Å². The van der Waals surface area contributed by atoms with Crippen molar-refractivity contribution in [1.82, 2.24) is 15.1 Å². The van der Waals surface area contributed by atoms with Crippen LogP contribution in [0.2, 0.25) is 0 Å². The Bertz CT molecular complexity index is 1020. The second kappa shape index (κ2) is 9.18. The summed E-state index contributed by atoms with van der Waals surface area (Å²) < 4.78 is 0. The number of aliphatic hydroxyl groups is 1. The average Bonchev–Trinajstić information content (AvgIpc) is 2.81. The summed E-state index contributed by atoms with van der Waals surface area (Å²) in [5.41, 5.74) is 4.65. The van der Waals surface area contributed by atoms with Crippen LogP contribution in [-0.4, -0.2) is 64.7 Å². The van der Waals surface area contributed by atoms with Crippen molar-refractivity contribution in [3.8, 4) is 11.1 Å². The highest BCUT2D eigenvalue weighted by Crippen LogP contribution is 2.43. The van der Waals surface area contributed by atoms with Gasteiger partial charge in [0.05, 0.1) is 18.7 Å². The van der Waals surface area contributed by atoms with E-state index in [1.54, 1.807) is 9.80 Å². The van der Waals surface area contributed by atoms with Crippen LogP contribution in [0, 0.1) is 6.92 Å². The first kappa shape index (κ1) is 22.0. The van der Waals surface area contributed by atoms with Gasteiger partial charge >= 0.3 is 6.03 Å². The Morgan fingerprint density at radius 1 is 1.06 bits per heavy atom. The first-order valence-corrected chi connectivity index (χ1v) is 12.2. The first-order chi connectivity index (χ1) is 16.0. The number of nitrogens with one attached hydrogen (secondary N) is 1.